The van der Waals surface area contributed by atoms with Crippen molar-refractivity contribution < 1.29 is 14.3 Å². The van der Waals surface area contributed by atoms with Gasteiger partial charge in [-0.15, -0.1) is 0 Å². The van der Waals surface area contributed by atoms with Gasteiger partial charge in [0.2, 0.25) is 0 Å². The normalized spacial score (nSPS) is 21.0. The molecule has 0 saturated carbocycles. The van der Waals surface area contributed by atoms with Crippen LogP contribution in [-0.2, 0) is 11.3 Å². The molecule has 1 aliphatic heterocycles. The maximum absolute atomic E-state index is 12.9. The average molecular weight is 209 g/mol. The summed E-state index contributed by atoms with van der Waals surface area (Å²) in [5.74, 6) is -1.07. The predicted molar refractivity (Wildman–Crippen MR) is 52.9 cm³/mol. The van der Waals surface area contributed by atoms with E-state index in [1.54, 1.807) is 12.1 Å². The zero-order valence-electron chi connectivity index (χ0n) is 8.19. The van der Waals surface area contributed by atoms with Crippen LogP contribution >= 0.6 is 0 Å². The first-order chi connectivity index (χ1) is 7.16. The zero-order valence-corrected chi connectivity index (χ0v) is 8.19. The standard InChI is InChI=1S/C11H12FNO2/c12-9-3-1-2-8(6-9)7-13-5-4-10(13)11(14)15/h1-3,6,10H,4-5,7H2,(H,14,15)/t10-/m0/s1. The molecule has 1 heterocycles. The third-order valence-electron chi connectivity index (χ3n) is 2.69. The summed E-state index contributed by atoms with van der Waals surface area (Å²) >= 11 is 0. The molecule has 3 nitrogen and oxygen atoms in total. The first-order valence-corrected chi connectivity index (χ1v) is 4.88. The number of likely N-dealkylation sites (tertiary alicyclic amines) is 1. The fourth-order valence-electron chi connectivity index (χ4n) is 1.78. The Morgan fingerprint density at radius 2 is 2.40 bits per heavy atom. The average Bonchev–Trinajstić information content (AvgIpc) is 2.11. The van der Waals surface area contributed by atoms with Gasteiger partial charge < -0.3 is 5.11 Å². The molecule has 1 atom stereocenters. The molecule has 0 bridgehead atoms. The summed E-state index contributed by atoms with van der Waals surface area (Å²) in [6, 6.07) is 5.87. The third-order valence-corrected chi connectivity index (χ3v) is 2.69. The van der Waals surface area contributed by atoms with Gasteiger partial charge in [0.25, 0.3) is 0 Å². The van der Waals surface area contributed by atoms with E-state index in [0.29, 0.717) is 13.0 Å². The second kappa shape index (κ2) is 3.98. The number of hydrogen-bond donors (Lipinski definition) is 1. The first kappa shape index (κ1) is 10.1. The summed E-state index contributed by atoms with van der Waals surface area (Å²) in [4.78, 5) is 12.6. The lowest BCUT2D eigenvalue weighted by Crippen LogP contribution is -2.51. The third kappa shape index (κ3) is 2.15. The van der Waals surface area contributed by atoms with E-state index in [9.17, 15) is 9.18 Å². The largest absolute Gasteiger partial charge is 0.480 e. The van der Waals surface area contributed by atoms with Crippen LogP contribution in [0.25, 0.3) is 0 Å². The maximum atomic E-state index is 12.9. The number of carboxylic acid groups (broad SMARTS) is 1. The molecule has 1 saturated heterocycles. The first-order valence-electron chi connectivity index (χ1n) is 4.88. The number of benzene rings is 1. The summed E-state index contributed by atoms with van der Waals surface area (Å²) in [5.41, 5.74) is 0.820. The van der Waals surface area contributed by atoms with E-state index in [4.69, 9.17) is 5.11 Å². The molecule has 1 aliphatic rings. The SMILES string of the molecule is O=C(O)[C@@H]1CCN1Cc1cccc(F)c1. The van der Waals surface area contributed by atoms with Gasteiger partial charge in [-0.05, 0) is 24.1 Å². The number of carbonyl (C=O) groups is 1. The number of rotatable bonds is 3. The van der Waals surface area contributed by atoms with Gasteiger partial charge in [-0.1, -0.05) is 12.1 Å². The molecule has 80 valence electrons. The monoisotopic (exact) mass is 209 g/mol. The van der Waals surface area contributed by atoms with Crippen LogP contribution < -0.4 is 0 Å². The van der Waals surface area contributed by atoms with Gasteiger partial charge in [0.1, 0.15) is 11.9 Å². The highest BCUT2D eigenvalue weighted by Gasteiger charge is 2.33. The summed E-state index contributed by atoms with van der Waals surface area (Å²) < 4.78 is 12.9. The molecule has 2 rings (SSSR count). The lowest BCUT2D eigenvalue weighted by atomic mass is 10.0. The molecule has 1 aromatic carbocycles. The Hall–Kier alpha value is -1.42. The molecule has 0 aromatic heterocycles. The number of halogens is 1. The number of aliphatic carboxylic acids is 1. The van der Waals surface area contributed by atoms with Crippen LogP contribution in [0.1, 0.15) is 12.0 Å². The van der Waals surface area contributed by atoms with Crippen molar-refractivity contribution in [2.75, 3.05) is 6.54 Å². The molecular formula is C11H12FNO2. The van der Waals surface area contributed by atoms with Crippen molar-refractivity contribution in [1.29, 1.82) is 0 Å². The lowest BCUT2D eigenvalue weighted by Gasteiger charge is -2.37. The Labute approximate surface area is 87.1 Å². The van der Waals surface area contributed by atoms with Crippen LogP contribution in [-0.4, -0.2) is 28.6 Å². The lowest BCUT2D eigenvalue weighted by molar-refractivity contribution is -0.148. The Morgan fingerprint density at radius 1 is 1.60 bits per heavy atom. The Bertz CT molecular complexity index is 381. The van der Waals surface area contributed by atoms with E-state index < -0.39 is 12.0 Å². The van der Waals surface area contributed by atoms with E-state index in [-0.39, 0.29) is 5.82 Å². The molecule has 15 heavy (non-hydrogen) atoms. The Balaban J connectivity index is 2.00. The molecule has 1 fully saturated rings. The van der Waals surface area contributed by atoms with E-state index in [1.165, 1.54) is 12.1 Å². The van der Waals surface area contributed by atoms with Crippen molar-refractivity contribution in [3.8, 4) is 0 Å². The van der Waals surface area contributed by atoms with E-state index >= 15 is 0 Å². The fourth-order valence-corrected chi connectivity index (χ4v) is 1.78. The van der Waals surface area contributed by atoms with Crippen LogP contribution in [0.4, 0.5) is 4.39 Å². The van der Waals surface area contributed by atoms with Gasteiger partial charge in [0.05, 0.1) is 0 Å². The van der Waals surface area contributed by atoms with Gasteiger partial charge in [-0.3, -0.25) is 9.69 Å². The van der Waals surface area contributed by atoms with Crippen LogP contribution in [0.15, 0.2) is 24.3 Å². The molecule has 0 spiro atoms. The number of hydrogen-bond acceptors (Lipinski definition) is 2. The summed E-state index contributed by atoms with van der Waals surface area (Å²) in [6.45, 7) is 1.28. The molecule has 0 radical (unpaired) electrons. The van der Waals surface area contributed by atoms with Gasteiger partial charge in [0, 0.05) is 13.1 Å². The molecule has 1 aromatic rings. The summed E-state index contributed by atoms with van der Waals surface area (Å²) in [5, 5.41) is 8.82. The van der Waals surface area contributed by atoms with Gasteiger partial charge in [0.15, 0.2) is 0 Å². The van der Waals surface area contributed by atoms with Crippen molar-refractivity contribution in [3.05, 3.63) is 35.6 Å². The van der Waals surface area contributed by atoms with Gasteiger partial charge >= 0.3 is 5.97 Å². The van der Waals surface area contributed by atoms with Crippen molar-refractivity contribution >= 4 is 5.97 Å². The molecule has 4 heteroatoms. The minimum Gasteiger partial charge on any atom is -0.480 e. The predicted octanol–water partition coefficient (Wildman–Crippen LogP) is 1.48. The number of carboxylic acids is 1. The van der Waals surface area contributed by atoms with Gasteiger partial charge in [-0.25, -0.2) is 4.39 Å². The van der Waals surface area contributed by atoms with Crippen LogP contribution in [0.5, 0.6) is 0 Å². The second-order valence-corrected chi connectivity index (χ2v) is 3.74. The Morgan fingerprint density at radius 3 is 2.93 bits per heavy atom. The van der Waals surface area contributed by atoms with Crippen LogP contribution in [0, 0.1) is 5.82 Å². The molecule has 0 amide bonds. The minimum atomic E-state index is -0.794. The highest BCUT2D eigenvalue weighted by atomic mass is 19.1. The van der Waals surface area contributed by atoms with Crippen molar-refractivity contribution in [2.45, 2.75) is 19.0 Å². The number of nitrogens with zero attached hydrogens (tertiary/aromatic N) is 1. The smallest absolute Gasteiger partial charge is 0.320 e. The van der Waals surface area contributed by atoms with Crippen LogP contribution in [0.3, 0.4) is 0 Å². The van der Waals surface area contributed by atoms with Crippen molar-refractivity contribution in [2.24, 2.45) is 0 Å². The molecule has 0 unspecified atom stereocenters. The van der Waals surface area contributed by atoms with E-state index in [1.807, 2.05) is 4.90 Å². The second-order valence-electron chi connectivity index (χ2n) is 3.74. The molecular weight excluding hydrogens is 197 g/mol. The molecule has 0 aliphatic carbocycles. The summed E-state index contributed by atoms with van der Waals surface area (Å²) in [6.07, 6.45) is 0.685. The van der Waals surface area contributed by atoms with Crippen molar-refractivity contribution in [3.63, 3.8) is 0 Å². The molecule has 1 N–H and O–H groups in total. The van der Waals surface area contributed by atoms with E-state index in [2.05, 4.69) is 0 Å². The maximum Gasteiger partial charge on any atom is 0.320 e. The van der Waals surface area contributed by atoms with Crippen molar-refractivity contribution in [1.82, 2.24) is 4.90 Å². The summed E-state index contributed by atoms with van der Waals surface area (Å²) in [7, 11) is 0. The highest BCUT2D eigenvalue weighted by Crippen LogP contribution is 2.20. The minimum absolute atomic E-state index is 0.278. The van der Waals surface area contributed by atoms with Crippen LogP contribution in [0.2, 0.25) is 0 Å². The van der Waals surface area contributed by atoms with Gasteiger partial charge in [-0.2, -0.15) is 0 Å². The Kier molecular flexibility index (Phi) is 2.68. The van der Waals surface area contributed by atoms with E-state index in [0.717, 1.165) is 12.1 Å². The topological polar surface area (TPSA) is 40.5 Å². The highest BCUT2D eigenvalue weighted by molar-refractivity contribution is 5.74. The zero-order chi connectivity index (χ0) is 10.8. The quantitative estimate of drug-likeness (QED) is 0.819. The fraction of sp³-hybridized carbons (Fsp3) is 0.364.